The Morgan fingerprint density at radius 2 is 1.65 bits per heavy atom. The lowest BCUT2D eigenvalue weighted by molar-refractivity contribution is -0.870. The summed E-state index contributed by atoms with van der Waals surface area (Å²) in [5.41, 5.74) is 0. The normalized spacial score (nSPS) is 11.5. The summed E-state index contributed by atoms with van der Waals surface area (Å²) in [5.74, 6) is 0.905. The van der Waals surface area contributed by atoms with Crippen molar-refractivity contribution in [3.05, 3.63) is 30.3 Å². The van der Waals surface area contributed by atoms with Crippen molar-refractivity contribution in [3.63, 3.8) is 0 Å². The number of nitrogens with zero attached hydrogens (tertiary/aromatic N) is 1. The average Bonchev–Trinajstić information content (AvgIpc) is 2.28. The zero-order chi connectivity index (χ0) is 12.6. The second-order valence-electron chi connectivity index (χ2n) is 5.14. The van der Waals surface area contributed by atoms with Crippen molar-refractivity contribution in [1.82, 2.24) is 0 Å². The summed E-state index contributed by atoms with van der Waals surface area (Å²) >= 11 is 0. The topological polar surface area (TPSA) is 18.5 Å². The molecule has 3 heteroatoms. The maximum Gasteiger partial charge on any atom is 0.119 e. The van der Waals surface area contributed by atoms with Gasteiger partial charge in [-0.25, -0.2) is 0 Å². The summed E-state index contributed by atoms with van der Waals surface area (Å²) < 4.78 is 12.0. The largest absolute Gasteiger partial charge is 0.491 e. The molecule has 0 saturated carbocycles. The Morgan fingerprint density at radius 1 is 0.941 bits per heavy atom. The summed E-state index contributed by atoms with van der Waals surface area (Å²) in [6, 6.07) is 9.83. The summed E-state index contributed by atoms with van der Waals surface area (Å²) in [6.07, 6.45) is 1.09. The Hall–Kier alpha value is -1.06. The molecule has 0 saturated heterocycles. The predicted octanol–water partition coefficient (Wildman–Crippen LogP) is 2.18. The number of hydrogen-bond acceptors (Lipinski definition) is 2. The van der Waals surface area contributed by atoms with E-state index in [1.807, 2.05) is 30.3 Å². The third kappa shape index (κ3) is 7.77. The van der Waals surface area contributed by atoms with Gasteiger partial charge in [0, 0.05) is 6.42 Å². The fourth-order valence-electron chi connectivity index (χ4n) is 1.48. The molecular formula is C14H24NO2+. The molecule has 0 aliphatic carbocycles. The van der Waals surface area contributed by atoms with Crippen LogP contribution in [0.4, 0.5) is 0 Å². The third-order valence-electron chi connectivity index (χ3n) is 2.36. The maximum absolute atomic E-state index is 5.52. The number of hydrogen-bond donors (Lipinski definition) is 0. The second kappa shape index (κ2) is 7.30. The highest BCUT2D eigenvalue weighted by Crippen LogP contribution is 2.07. The standard InChI is InChI=1S/C14H24NO2/c1-15(2,3)10-7-11-16-12-13-17-14-8-5-4-6-9-14/h4-6,8-9H,7,10-13H2,1-3H3/q+1. The minimum Gasteiger partial charge on any atom is -0.491 e. The number of benzene rings is 1. The first-order valence-corrected chi connectivity index (χ1v) is 6.14. The SMILES string of the molecule is C[N+](C)(C)CCCOCCOc1ccccc1. The molecule has 3 nitrogen and oxygen atoms in total. The van der Waals surface area contributed by atoms with Gasteiger partial charge in [0.05, 0.1) is 40.9 Å². The first-order valence-electron chi connectivity index (χ1n) is 6.14. The van der Waals surface area contributed by atoms with Crippen LogP contribution in [-0.2, 0) is 4.74 Å². The Labute approximate surface area is 105 Å². The molecule has 0 aliphatic rings. The van der Waals surface area contributed by atoms with Gasteiger partial charge in [0.15, 0.2) is 0 Å². The van der Waals surface area contributed by atoms with Crippen LogP contribution < -0.4 is 4.74 Å². The van der Waals surface area contributed by atoms with E-state index in [9.17, 15) is 0 Å². The molecule has 1 aromatic rings. The summed E-state index contributed by atoms with van der Waals surface area (Å²) in [4.78, 5) is 0. The van der Waals surface area contributed by atoms with Crippen molar-refractivity contribution in [2.45, 2.75) is 6.42 Å². The van der Waals surface area contributed by atoms with Crippen molar-refractivity contribution in [2.24, 2.45) is 0 Å². The van der Waals surface area contributed by atoms with Crippen LogP contribution in [0.2, 0.25) is 0 Å². The molecule has 0 unspecified atom stereocenters. The molecular weight excluding hydrogens is 214 g/mol. The minimum absolute atomic E-state index is 0.619. The molecule has 1 aromatic carbocycles. The van der Waals surface area contributed by atoms with Gasteiger partial charge in [0.25, 0.3) is 0 Å². The van der Waals surface area contributed by atoms with Crippen molar-refractivity contribution in [3.8, 4) is 5.75 Å². The van der Waals surface area contributed by atoms with Crippen LogP contribution in [0.15, 0.2) is 30.3 Å². The zero-order valence-electron chi connectivity index (χ0n) is 11.2. The lowest BCUT2D eigenvalue weighted by Gasteiger charge is -2.23. The van der Waals surface area contributed by atoms with E-state index in [0.29, 0.717) is 13.2 Å². The molecule has 0 atom stereocenters. The predicted molar refractivity (Wildman–Crippen MR) is 70.3 cm³/mol. The molecule has 0 spiro atoms. The van der Waals surface area contributed by atoms with E-state index in [1.165, 1.54) is 0 Å². The molecule has 0 fully saturated rings. The van der Waals surface area contributed by atoms with E-state index in [1.54, 1.807) is 0 Å². The van der Waals surface area contributed by atoms with E-state index in [2.05, 4.69) is 21.1 Å². The van der Waals surface area contributed by atoms with Crippen molar-refractivity contribution < 1.29 is 14.0 Å². The molecule has 1 rings (SSSR count). The van der Waals surface area contributed by atoms with Crippen LogP contribution in [-0.4, -0.2) is 52.0 Å². The van der Waals surface area contributed by atoms with E-state index in [-0.39, 0.29) is 0 Å². The van der Waals surface area contributed by atoms with Gasteiger partial charge in [-0.1, -0.05) is 18.2 Å². The zero-order valence-corrected chi connectivity index (χ0v) is 11.2. The highest BCUT2D eigenvalue weighted by atomic mass is 16.5. The van der Waals surface area contributed by atoms with Gasteiger partial charge in [-0.15, -0.1) is 0 Å². The molecule has 0 bridgehead atoms. The monoisotopic (exact) mass is 238 g/mol. The number of ether oxygens (including phenoxy) is 2. The van der Waals surface area contributed by atoms with E-state index >= 15 is 0 Å². The van der Waals surface area contributed by atoms with E-state index < -0.39 is 0 Å². The molecule has 96 valence electrons. The van der Waals surface area contributed by atoms with Crippen LogP contribution in [0.25, 0.3) is 0 Å². The summed E-state index contributed by atoms with van der Waals surface area (Å²) in [6.45, 7) is 3.23. The van der Waals surface area contributed by atoms with Gasteiger partial charge in [-0.2, -0.15) is 0 Å². The van der Waals surface area contributed by atoms with Crippen LogP contribution >= 0.6 is 0 Å². The third-order valence-corrected chi connectivity index (χ3v) is 2.36. The molecule has 0 amide bonds. The molecule has 0 aliphatic heterocycles. The fraction of sp³-hybridized carbons (Fsp3) is 0.571. The number of para-hydroxylation sites is 1. The second-order valence-corrected chi connectivity index (χ2v) is 5.14. The van der Waals surface area contributed by atoms with Crippen LogP contribution in [0, 0.1) is 0 Å². The van der Waals surface area contributed by atoms with Crippen LogP contribution in [0.3, 0.4) is 0 Å². The van der Waals surface area contributed by atoms with Gasteiger partial charge in [-0.05, 0) is 12.1 Å². The Kier molecular flexibility index (Phi) is 6.01. The van der Waals surface area contributed by atoms with Gasteiger partial charge in [0.1, 0.15) is 12.4 Å². The van der Waals surface area contributed by atoms with Crippen LogP contribution in [0.5, 0.6) is 5.75 Å². The van der Waals surface area contributed by atoms with Crippen molar-refractivity contribution in [2.75, 3.05) is 47.5 Å². The lowest BCUT2D eigenvalue weighted by Crippen LogP contribution is -2.35. The average molecular weight is 238 g/mol. The summed E-state index contributed by atoms with van der Waals surface area (Å²) in [7, 11) is 6.58. The van der Waals surface area contributed by atoms with E-state index in [0.717, 1.165) is 29.8 Å². The molecule has 0 N–H and O–H groups in total. The highest BCUT2D eigenvalue weighted by Gasteiger charge is 2.05. The maximum atomic E-state index is 5.52. The summed E-state index contributed by atoms with van der Waals surface area (Å²) in [5, 5.41) is 0. The number of rotatable bonds is 8. The van der Waals surface area contributed by atoms with Gasteiger partial charge >= 0.3 is 0 Å². The molecule has 0 radical (unpaired) electrons. The highest BCUT2D eigenvalue weighted by molar-refractivity contribution is 5.20. The minimum atomic E-state index is 0.619. The molecule has 17 heavy (non-hydrogen) atoms. The Morgan fingerprint density at radius 3 is 2.29 bits per heavy atom. The first-order chi connectivity index (χ1) is 8.08. The number of quaternary nitrogens is 1. The van der Waals surface area contributed by atoms with Gasteiger partial charge in [0.2, 0.25) is 0 Å². The van der Waals surface area contributed by atoms with E-state index in [4.69, 9.17) is 9.47 Å². The fourth-order valence-corrected chi connectivity index (χ4v) is 1.48. The molecule has 0 aromatic heterocycles. The van der Waals surface area contributed by atoms with Crippen molar-refractivity contribution in [1.29, 1.82) is 0 Å². The molecule has 0 heterocycles. The smallest absolute Gasteiger partial charge is 0.119 e. The Bertz CT molecular complexity index is 293. The van der Waals surface area contributed by atoms with Crippen molar-refractivity contribution >= 4 is 0 Å². The van der Waals surface area contributed by atoms with Crippen LogP contribution in [0.1, 0.15) is 6.42 Å². The lowest BCUT2D eigenvalue weighted by atomic mass is 10.3. The van der Waals surface area contributed by atoms with Gasteiger partial charge in [-0.3, -0.25) is 0 Å². The first kappa shape index (κ1) is 14.0. The quantitative estimate of drug-likeness (QED) is 0.510. The Balaban J connectivity index is 1.95. The van der Waals surface area contributed by atoms with Gasteiger partial charge < -0.3 is 14.0 Å².